The van der Waals surface area contributed by atoms with Crippen LogP contribution in [0, 0.1) is 12.7 Å². The molecule has 3 aromatic carbocycles. The van der Waals surface area contributed by atoms with Crippen molar-refractivity contribution in [2.24, 2.45) is 0 Å². The first-order valence-electron chi connectivity index (χ1n) is 13.0. The fourth-order valence-electron chi connectivity index (χ4n) is 5.00. The lowest BCUT2D eigenvalue weighted by Gasteiger charge is -2.31. The van der Waals surface area contributed by atoms with E-state index < -0.39 is 23.5 Å². The van der Waals surface area contributed by atoms with Crippen molar-refractivity contribution in [2.75, 3.05) is 39.4 Å². The van der Waals surface area contributed by atoms with Gasteiger partial charge in [-0.25, -0.2) is 4.39 Å². The lowest BCUT2D eigenvalue weighted by Crippen LogP contribution is -2.42. The number of hydrogen-bond donors (Lipinski definition) is 1. The van der Waals surface area contributed by atoms with Crippen molar-refractivity contribution in [1.29, 1.82) is 0 Å². The molecule has 0 aliphatic carbocycles. The lowest BCUT2D eigenvalue weighted by molar-refractivity contribution is -0.140. The standard InChI is InChI=1S/C31H31FN2O5/c1-21-6-2-3-7-23(21)20-39-24-12-10-22(11-13-24)29(35)27-28(25-8-4-5-9-26(25)32)34(31(37)30(27)36)15-14-33-16-18-38-19-17-33/h2-13,28,35H,14-20H2,1H3. The quantitative estimate of drug-likeness (QED) is 0.263. The van der Waals surface area contributed by atoms with Gasteiger partial charge < -0.3 is 19.5 Å². The van der Waals surface area contributed by atoms with E-state index in [1.807, 2.05) is 31.2 Å². The van der Waals surface area contributed by atoms with Crippen molar-refractivity contribution in [2.45, 2.75) is 19.6 Å². The minimum Gasteiger partial charge on any atom is -0.507 e. The number of benzene rings is 3. The molecule has 1 N–H and O–H groups in total. The Hall–Kier alpha value is -4.01. The molecule has 5 rings (SSSR count). The molecule has 2 aliphatic heterocycles. The number of Topliss-reactive ketones (excluding diaryl/α,β-unsaturated/α-hetero) is 1. The Bertz CT molecular complexity index is 1380. The van der Waals surface area contributed by atoms with Gasteiger partial charge in [0.15, 0.2) is 0 Å². The molecule has 2 fully saturated rings. The van der Waals surface area contributed by atoms with Crippen molar-refractivity contribution in [3.05, 3.63) is 106 Å². The monoisotopic (exact) mass is 530 g/mol. The van der Waals surface area contributed by atoms with Crippen LogP contribution in [0.3, 0.4) is 0 Å². The van der Waals surface area contributed by atoms with Gasteiger partial charge in [0.2, 0.25) is 0 Å². The van der Waals surface area contributed by atoms with Gasteiger partial charge in [-0.2, -0.15) is 0 Å². The number of carbonyl (C=O) groups is 2. The number of hydrogen-bond acceptors (Lipinski definition) is 6. The lowest BCUT2D eigenvalue weighted by atomic mass is 9.95. The summed E-state index contributed by atoms with van der Waals surface area (Å²) in [5.41, 5.74) is 2.56. The first-order valence-corrected chi connectivity index (χ1v) is 13.0. The van der Waals surface area contributed by atoms with E-state index in [0.29, 0.717) is 50.8 Å². The van der Waals surface area contributed by atoms with Crippen LogP contribution in [0.25, 0.3) is 5.76 Å². The molecule has 7 nitrogen and oxygen atoms in total. The summed E-state index contributed by atoms with van der Waals surface area (Å²) in [6.45, 7) is 5.75. The van der Waals surface area contributed by atoms with Gasteiger partial charge in [-0.15, -0.1) is 0 Å². The van der Waals surface area contributed by atoms with Gasteiger partial charge in [0.1, 0.15) is 23.9 Å². The number of aliphatic hydroxyl groups excluding tert-OH is 1. The third-order valence-electron chi connectivity index (χ3n) is 7.28. The second-order valence-corrected chi connectivity index (χ2v) is 9.71. The van der Waals surface area contributed by atoms with Crippen LogP contribution in [0.15, 0.2) is 78.4 Å². The number of carbonyl (C=O) groups excluding carboxylic acids is 2. The number of aryl methyl sites for hydroxylation is 1. The zero-order valence-corrected chi connectivity index (χ0v) is 21.8. The molecule has 1 atom stereocenters. The van der Waals surface area contributed by atoms with Crippen LogP contribution in [0.1, 0.15) is 28.3 Å². The molecule has 2 heterocycles. The Labute approximate surface area is 227 Å². The van der Waals surface area contributed by atoms with Crippen molar-refractivity contribution in [1.82, 2.24) is 9.80 Å². The average Bonchev–Trinajstić information content (AvgIpc) is 3.21. The number of nitrogens with zero attached hydrogens (tertiary/aromatic N) is 2. The number of likely N-dealkylation sites (tertiary alicyclic amines) is 1. The number of ether oxygens (including phenoxy) is 2. The van der Waals surface area contributed by atoms with Gasteiger partial charge in [0, 0.05) is 37.3 Å². The molecule has 0 bridgehead atoms. The summed E-state index contributed by atoms with van der Waals surface area (Å²) >= 11 is 0. The molecule has 39 heavy (non-hydrogen) atoms. The van der Waals surface area contributed by atoms with Crippen LogP contribution in [-0.4, -0.2) is 66.0 Å². The Morgan fingerprint density at radius 3 is 2.38 bits per heavy atom. The largest absolute Gasteiger partial charge is 0.507 e. The van der Waals surface area contributed by atoms with Crippen LogP contribution in [0.2, 0.25) is 0 Å². The maximum absolute atomic E-state index is 15.0. The Morgan fingerprint density at radius 2 is 1.67 bits per heavy atom. The van der Waals surface area contributed by atoms with Crippen LogP contribution < -0.4 is 4.74 Å². The number of aliphatic hydroxyl groups is 1. The number of ketones is 1. The van der Waals surface area contributed by atoms with Gasteiger partial charge in [-0.05, 0) is 48.4 Å². The second-order valence-electron chi connectivity index (χ2n) is 9.71. The molecule has 0 spiro atoms. The maximum atomic E-state index is 15.0. The molecule has 3 aromatic rings. The molecule has 8 heteroatoms. The van der Waals surface area contributed by atoms with E-state index in [-0.39, 0.29) is 23.4 Å². The SMILES string of the molecule is Cc1ccccc1COc1ccc(C(O)=C2C(=O)C(=O)N(CCN3CCOCC3)C2c2ccccc2F)cc1. The zero-order chi connectivity index (χ0) is 27.4. The van der Waals surface area contributed by atoms with E-state index in [1.165, 1.54) is 11.0 Å². The summed E-state index contributed by atoms with van der Waals surface area (Å²) in [6.07, 6.45) is 0. The smallest absolute Gasteiger partial charge is 0.295 e. The van der Waals surface area contributed by atoms with Crippen molar-refractivity contribution in [3.63, 3.8) is 0 Å². The van der Waals surface area contributed by atoms with Crippen molar-refractivity contribution < 1.29 is 28.6 Å². The Morgan fingerprint density at radius 1 is 0.974 bits per heavy atom. The van der Waals surface area contributed by atoms with Gasteiger partial charge in [-0.3, -0.25) is 14.5 Å². The van der Waals surface area contributed by atoms with E-state index in [9.17, 15) is 14.7 Å². The molecule has 2 aliphatic rings. The van der Waals surface area contributed by atoms with Crippen LogP contribution in [-0.2, 0) is 20.9 Å². The summed E-state index contributed by atoms with van der Waals surface area (Å²) in [6, 6.07) is 19.6. The highest BCUT2D eigenvalue weighted by Crippen LogP contribution is 2.40. The first kappa shape index (κ1) is 26.6. The minimum absolute atomic E-state index is 0.124. The highest BCUT2D eigenvalue weighted by molar-refractivity contribution is 6.46. The minimum atomic E-state index is -1.04. The molecule has 0 radical (unpaired) electrons. The van der Waals surface area contributed by atoms with Crippen molar-refractivity contribution >= 4 is 17.4 Å². The molecular formula is C31H31FN2O5. The third kappa shape index (κ3) is 5.72. The fourth-order valence-corrected chi connectivity index (χ4v) is 5.00. The summed E-state index contributed by atoms with van der Waals surface area (Å²) in [4.78, 5) is 29.9. The number of morpholine rings is 1. The van der Waals surface area contributed by atoms with E-state index in [4.69, 9.17) is 9.47 Å². The first-order chi connectivity index (χ1) is 18.9. The molecule has 0 aromatic heterocycles. The molecule has 1 unspecified atom stereocenters. The normalized spacial score (nSPS) is 19.4. The maximum Gasteiger partial charge on any atom is 0.295 e. The van der Waals surface area contributed by atoms with E-state index >= 15 is 4.39 Å². The van der Waals surface area contributed by atoms with E-state index in [0.717, 1.165) is 11.1 Å². The predicted octanol–water partition coefficient (Wildman–Crippen LogP) is 4.47. The van der Waals surface area contributed by atoms with Gasteiger partial charge in [0.05, 0.1) is 24.8 Å². The molecule has 202 valence electrons. The van der Waals surface area contributed by atoms with E-state index in [1.54, 1.807) is 42.5 Å². The zero-order valence-electron chi connectivity index (χ0n) is 21.8. The van der Waals surface area contributed by atoms with Gasteiger partial charge in [-0.1, -0.05) is 42.5 Å². The highest BCUT2D eigenvalue weighted by Gasteiger charge is 2.46. The molecular weight excluding hydrogens is 499 g/mol. The summed E-state index contributed by atoms with van der Waals surface area (Å²) in [7, 11) is 0. The molecule has 2 saturated heterocycles. The third-order valence-corrected chi connectivity index (χ3v) is 7.28. The van der Waals surface area contributed by atoms with E-state index in [2.05, 4.69) is 4.90 Å². The highest BCUT2D eigenvalue weighted by atomic mass is 19.1. The van der Waals surface area contributed by atoms with Crippen LogP contribution >= 0.6 is 0 Å². The fraction of sp³-hybridized carbons (Fsp3) is 0.290. The summed E-state index contributed by atoms with van der Waals surface area (Å²) < 4.78 is 26.3. The second kappa shape index (κ2) is 11.8. The summed E-state index contributed by atoms with van der Waals surface area (Å²) in [5, 5.41) is 11.3. The van der Waals surface area contributed by atoms with Crippen LogP contribution in [0.5, 0.6) is 5.75 Å². The Kier molecular flexibility index (Phi) is 8.05. The van der Waals surface area contributed by atoms with Crippen LogP contribution in [0.4, 0.5) is 4.39 Å². The summed E-state index contributed by atoms with van der Waals surface area (Å²) in [5.74, 6) is -1.89. The average molecular weight is 531 g/mol. The topological polar surface area (TPSA) is 79.3 Å². The predicted molar refractivity (Wildman–Crippen MR) is 145 cm³/mol. The number of amides is 1. The van der Waals surface area contributed by atoms with Gasteiger partial charge >= 0.3 is 0 Å². The van der Waals surface area contributed by atoms with Crippen molar-refractivity contribution in [3.8, 4) is 5.75 Å². The van der Waals surface area contributed by atoms with Gasteiger partial charge in [0.25, 0.3) is 11.7 Å². The number of halogens is 1. The molecule has 1 amide bonds. The number of rotatable bonds is 8. The Balaban J connectivity index is 1.42. The molecule has 0 saturated carbocycles.